The van der Waals surface area contributed by atoms with E-state index in [1.807, 2.05) is 18.2 Å². The molecular formula is C21H21FN6O. The number of aromatic nitrogens is 3. The van der Waals surface area contributed by atoms with Crippen molar-refractivity contribution < 1.29 is 9.18 Å². The third-order valence-electron chi connectivity index (χ3n) is 5.09. The summed E-state index contributed by atoms with van der Waals surface area (Å²) in [5.41, 5.74) is 0.627. The van der Waals surface area contributed by atoms with Crippen molar-refractivity contribution in [2.45, 2.75) is 38.3 Å². The second-order valence-corrected chi connectivity index (χ2v) is 7.71. The van der Waals surface area contributed by atoms with Gasteiger partial charge < -0.3 is 10.2 Å². The van der Waals surface area contributed by atoms with Crippen LogP contribution in [0.3, 0.4) is 0 Å². The third kappa shape index (κ3) is 3.63. The summed E-state index contributed by atoms with van der Waals surface area (Å²) in [6.45, 7) is 4.05. The number of carbonyl (C=O) groups excluding carboxylic acids is 1. The monoisotopic (exact) mass is 392 g/mol. The number of nitrogens with one attached hydrogen (secondary N) is 1. The fourth-order valence-electron chi connectivity index (χ4n) is 3.66. The summed E-state index contributed by atoms with van der Waals surface area (Å²) in [6.07, 6.45) is 5.07. The zero-order chi connectivity index (χ0) is 20.6. The molecule has 1 aliphatic heterocycles. The number of nitriles is 1. The minimum absolute atomic E-state index is 0.0263. The van der Waals surface area contributed by atoms with Crippen LogP contribution in [0.4, 0.5) is 10.2 Å². The van der Waals surface area contributed by atoms with E-state index in [0.29, 0.717) is 17.0 Å². The van der Waals surface area contributed by atoms with E-state index in [-0.39, 0.29) is 11.9 Å². The Balaban J connectivity index is 1.68. The molecule has 1 atom stereocenters. The van der Waals surface area contributed by atoms with E-state index >= 15 is 0 Å². The number of amides is 1. The Hall–Kier alpha value is -3.47. The van der Waals surface area contributed by atoms with Gasteiger partial charge in [0.15, 0.2) is 5.65 Å². The lowest BCUT2D eigenvalue weighted by Gasteiger charge is -2.26. The maximum atomic E-state index is 13.7. The van der Waals surface area contributed by atoms with Gasteiger partial charge in [-0.05, 0) is 50.5 Å². The molecule has 1 amide bonds. The van der Waals surface area contributed by atoms with Gasteiger partial charge in [-0.3, -0.25) is 4.79 Å². The van der Waals surface area contributed by atoms with Crippen LogP contribution in [-0.2, 0) is 0 Å². The van der Waals surface area contributed by atoms with Gasteiger partial charge in [-0.25, -0.2) is 13.9 Å². The van der Waals surface area contributed by atoms with Crippen molar-refractivity contribution in [3.8, 4) is 6.07 Å². The number of hydrogen-bond donors (Lipinski definition) is 1. The van der Waals surface area contributed by atoms with Crippen molar-refractivity contribution in [3.05, 3.63) is 59.7 Å². The topological polar surface area (TPSA) is 86.3 Å². The lowest BCUT2D eigenvalue weighted by Crippen LogP contribution is -2.42. The summed E-state index contributed by atoms with van der Waals surface area (Å²) in [5.74, 6) is 0.0465. The van der Waals surface area contributed by atoms with E-state index in [4.69, 9.17) is 5.26 Å². The van der Waals surface area contributed by atoms with Gasteiger partial charge in [0, 0.05) is 12.7 Å². The first-order valence-corrected chi connectivity index (χ1v) is 9.48. The van der Waals surface area contributed by atoms with Crippen LogP contribution < -0.4 is 10.2 Å². The minimum atomic E-state index is -1.000. The van der Waals surface area contributed by atoms with Crippen molar-refractivity contribution in [2.24, 2.45) is 0 Å². The molecule has 7 nitrogen and oxygen atoms in total. The Morgan fingerprint density at radius 3 is 2.97 bits per heavy atom. The Labute approximate surface area is 167 Å². The first kappa shape index (κ1) is 18.9. The summed E-state index contributed by atoms with van der Waals surface area (Å²) in [7, 11) is 0. The predicted molar refractivity (Wildman–Crippen MR) is 106 cm³/mol. The van der Waals surface area contributed by atoms with Crippen LogP contribution >= 0.6 is 0 Å². The van der Waals surface area contributed by atoms with E-state index in [0.717, 1.165) is 24.9 Å². The summed E-state index contributed by atoms with van der Waals surface area (Å²) in [4.78, 5) is 19.4. The van der Waals surface area contributed by atoms with Crippen LogP contribution in [0.2, 0.25) is 0 Å². The number of nitrogens with zero attached hydrogens (tertiary/aromatic N) is 5. The summed E-state index contributed by atoms with van der Waals surface area (Å²) >= 11 is 0. The highest BCUT2D eigenvalue weighted by Crippen LogP contribution is 2.35. The molecule has 1 saturated heterocycles. The Morgan fingerprint density at radius 2 is 2.21 bits per heavy atom. The molecule has 0 radical (unpaired) electrons. The number of fused-ring (bicyclic) bond motifs is 1. The van der Waals surface area contributed by atoms with Gasteiger partial charge in [-0.1, -0.05) is 12.1 Å². The smallest absolute Gasteiger partial charge is 0.257 e. The van der Waals surface area contributed by atoms with Crippen molar-refractivity contribution in [3.63, 3.8) is 0 Å². The molecule has 0 aliphatic carbocycles. The predicted octanol–water partition coefficient (Wildman–Crippen LogP) is 3.24. The number of halogens is 1. The number of carbonyl (C=O) groups is 1. The zero-order valence-electron chi connectivity index (χ0n) is 16.3. The quantitative estimate of drug-likeness (QED) is 0.737. The van der Waals surface area contributed by atoms with Gasteiger partial charge in [0.25, 0.3) is 5.91 Å². The zero-order valence-corrected chi connectivity index (χ0v) is 16.3. The van der Waals surface area contributed by atoms with Gasteiger partial charge in [0.05, 0.1) is 18.3 Å². The highest BCUT2D eigenvalue weighted by Gasteiger charge is 2.29. The Bertz CT molecular complexity index is 1120. The molecule has 4 rings (SSSR count). The van der Waals surface area contributed by atoms with Crippen LogP contribution in [0.25, 0.3) is 5.65 Å². The minimum Gasteiger partial charge on any atom is -0.349 e. The molecule has 29 heavy (non-hydrogen) atoms. The summed E-state index contributed by atoms with van der Waals surface area (Å²) < 4.78 is 15.2. The molecule has 1 fully saturated rings. The van der Waals surface area contributed by atoms with Crippen molar-refractivity contribution in [1.82, 2.24) is 19.9 Å². The van der Waals surface area contributed by atoms with E-state index in [1.54, 1.807) is 32.2 Å². The van der Waals surface area contributed by atoms with Crippen LogP contribution in [0.5, 0.6) is 0 Å². The molecule has 148 valence electrons. The molecule has 0 spiro atoms. The Morgan fingerprint density at radius 1 is 1.38 bits per heavy atom. The molecule has 0 saturated carbocycles. The van der Waals surface area contributed by atoms with Gasteiger partial charge >= 0.3 is 0 Å². The fraction of sp³-hybridized carbons (Fsp3) is 0.333. The normalized spacial score (nSPS) is 16.8. The van der Waals surface area contributed by atoms with Gasteiger partial charge in [-0.2, -0.15) is 10.4 Å². The lowest BCUT2D eigenvalue weighted by atomic mass is 10.0. The Kier molecular flexibility index (Phi) is 4.66. The largest absolute Gasteiger partial charge is 0.349 e. The van der Waals surface area contributed by atoms with Gasteiger partial charge in [0.1, 0.15) is 22.7 Å². The molecule has 1 aromatic carbocycles. The summed E-state index contributed by atoms with van der Waals surface area (Å²) in [5, 5.41) is 16.0. The lowest BCUT2D eigenvalue weighted by molar-refractivity contribution is 0.0930. The number of anilines is 1. The number of rotatable bonds is 4. The second kappa shape index (κ2) is 7.17. The molecular weight excluding hydrogens is 371 g/mol. The molecule has 1 aliphatic rings. The van der Waals surface area contributed by atoms with Crippen molar-refractivity contribution >= 4 is 17.4 Å². The highest BCUT2D eigenvalue weighted by molar-refractivity contribution is 6.00. The van der Waals surface area contributed by atoms with Crippen molar-refractivity contribution in [1.29, 1.82) is 5.26 Å². The van der Waals surface area contributed by atoms with E-state index in [1.165, 1.54) is 16.8 Å². The van der Waals surface area contributed by atoms with E-state index in [9.17, 15) is 9.18 Å². The van der Waals surface area contributed by atoms with Gasteiger partial charge in [0.2, 0.25) is 0 Å². The fourth-order valence-corrected chi connectivity index (χ4v) is 3.66. The molecule has 8 heteroatoms. The standard InChI is InChI=1S/C21H21FN6O/c1-21(2,13-23)26-20(29)16-12-24-28-10-8-18(25-19(16)28)27-9-4-7-17(27)14-5-3-6-15(22)11-14/h3,5-6,8,10-12,17H,4,7,9H2,1-2H3,(H,26,29)/t17-/m1/s1. The second-order valence-electron chi connectivity index (χ2n) is 7.71. The maximum absolute atomic E-state index is 13.7. The number of benzene rings is 1. The average molecular weight is 392 g/mol. The van der Waals surface area contributed by atoms with Crippen LogP contribution in [0, 0.1) is 17.1 Å². The van der Waals surface area contributed by atoms with Crippen LogP contribution in [0.15, 0.2) is 42.7 Å². The number of hydrogen-bond acceptors (Lipinski definition) is 5. The first-order chi connectivity index (χ1) is 13.9. The van der Waals surface area contributed by atoms with Crippen molar-refractivity contribution in [2.75, 3.05) is 11.4 Å². The highest BCUT2D eigenvalue weighted by atomic mass is 19.1. The molecule has 3 aromatic rings. The average Bonchev–Trinajstić information content (AvgIpc) is 3.34. The molecule has 3 heterocycles. The molecule has 1 N–H and O–H groups in total. The molecule has 0 unspecified atom stereocenters. The SMILES string of the molecule is CC(C)(C#N)NC(=O)c1cnn2ccc(N3CCC[C@@H]3c3cccc(F)c3)nc12. The molecule has 2 aromatic heterocycles. The van der Waals surface area contributed by atoms with Gasteiger partial charge in [-0.15, -0.1) is 0 Å². The summed E-state index contributed by atoms with van der Waals surface area (Å²) in [6, 6.07) is 10.6. The van der Waals surface area contributed by atoms with E-state index < -0.39 is 11.4 Å². The first-order valence-electron chi connectivity index (χ1n) is 9.48. The third-order valence-corrected chi connectivity index (χ3v) is 5.09. The maximum Gasteiger partial charge on any atom is 0.257 e. The van der Waals surface area contributed by atoms with Crippen LogP contribution in [0.1, 0.15) is 48.7 Å². The molecule has 0 bridgehead atoms. The van der Waals surface area contributed by atoms with E-state index in [2.05, 4.69) is 20.3 Å². The van der Waals surface area contributed by atoms with Crippen LogP contribution in [-0.4, -0.2) is 32.6 Å².